The molecule has 1 saturated carbocycles. The average molecular weight is 275 g/mol. The summed E-state index contributed by atoms with van der Waals surface area (Å²) in [7, 11) is 1.47. The van der Waals surface area contributed by atoms with E-state index in [0.29, 0.717) is 5.92 Å². The molecule has 0 aromatic heterocycles. The molecular weight excluding hydrogens is 250 g/mol. The first-order chi connectivity index (χ1) is 9.52. The molecule has 0 saturated heterocycles. The summed E-state index contributed by atoms with van der Waals surface area (Å²) in [4.78, 5) is 11.9. The summed E-state index contributed by atoms with van der Waals surface area (Å²) in [5.74, 6) is 0.332. The van der Waals surface area contributed by atoms with Gasteiger partial charge in [-0.05, 0) is 51.0 Å². The van der Waals surface area contributed by atoms with Gasteiger partial charge in [-0.25, -0.2) is 0 Å². The van der Waals surface area contributed by atoms with Crippen LogP contribution in [0.15, 0.2) is 30.3 Å². The highest BCUT2D eigenvalue weighted by molar-refractivity contribution is 5.76. The quantitative estimate of drug-likeness (QED) is 0.778. The highest BCUT2D eigenvalue weighted by Gasteiger charge is 2.39. The SMILES string of the molecule is COC(=O)C(NC(C)(C)CCc1ccccc1)C1CC1. The molecule has 1 aromatic rings. The molecule has 0 heterocycles. The van der Waals surface area contributed by atoms with Crippen molar-refractivity contribution in [2.75, 3.05) is 7.11 Å². The van der Waals surface area contributed by atoms with Gasteiger partial charge in [0.25, 0.3) is 0 Å². The van der Waals surface area contributed by atoms with Crippen LogP contribution in [0, 0.1) is 5.92 Å². The van der Waals surface area contributed by atoms with E-state index in [-0.39, 0.29) is 17.6 Å². The number of esters is 1. The van der Waals surface area contributed by atoms with Crippen LogP contribution in [-0.2, 0) is 16.0 Å². The Morgan fingerprint density at radius 3 is 2.55 bits per heavy atom. The van der Waals surface area contributed by atoms with E-state index in [9.17, 15) is 4.79 Å². The highest BCUT2D eigenvalue weighted by atomic mass is 16.5. The number of carbonyl (C=O) groups excluding carboxylic acids is 1. The molecule has 2 rings (SSSR count). The van der Waals surface area contributed by atoms with E-state index >= 15 is 0 Å². The van der Waals surface area contributed by atoms with Crippen molar-refractivity contribution in [1.29, 1.82) is 0 Å². The van der Waals surface area contributed by atoms with Gasteiger partial charge in [0.1, 0.15) is 6.04 Å². The zero-order chi connectivity index (χ0) is 14.6. The van der Waals surface area contributed by atoms with Crippen molar-refractivity contribution in [3.05, 3.63) is 35.9 Å². The minimum absolute atomic E-state index is 0.0721. The minimum Gasteiger partial charge on any atom is -0.468 e. The van der Waals surface area contributed by atoms with E-state index in [1.54, 1.807) is 0 Å². The molecule has 0 aliphatic heterocycles. The zero-order valence-corrected chi connectivity index (χ0v) is 12.7. The lowest BCUT2D eigenvalue weighted by Crippen LogP contribution is -2.51. The van der Waals surface area contributed by atoms with Crippen molar-refractivity contribution in [2.45, 2.75) is 51.1 Å². The van der Waals surface area contributed by atoms with Crippen LogP contribution in [0.25, 0.3) is 0 Å². The van der Waals surface area contributed by atoms with Crippen LogP contribution >= 0.6 is 0 Å². The molecule has 1 aliphatic rings. The number of nitrogens with one attached hydrogen (secondary N) is 1. The summed E-state index contributed by atoms with van der Waals surface area (Å²) in [6.45, 7) is 4.32. The van der Waals surface area contributed by atoms with Crippen molar-refractivity contribution >= 4 is 5.97 Å². The van der Waals surface area contributed by atoms with Gasteiger partial charge in [-0.1, -0.05) is 30.3 Å². The predicted octanol–water partition coefficient (Wildman–Crippen LogP) is 2.94. The fraction of sp³-hybridized carbons (Fsp3) is 0.588. The molecule has 1 aromatic carbocycles. The third-order valence-electron chi connectivity index (χ3n) is 3.98. The molecule has 1 fully saturated rings. The van der Waals surface area contributed by atoms with Gasteiger partial charge in [0.2, 0.25) is 0 Å². The second-order valence-electron chi connectivity index (χ2n) is 6.35. The first-order valence-corrected chi connectivity index (χ1v) is 7.41. The fourth-order valence-corrected chi connectivity index (χ4v) is 2.52. The van der Waals surface area contributed by atoms with E-state index in [1.807, 2.05) is 6.07 Å². The standard InChI is InChI=1S/C17H25NO2/c1-17(2,12-11-13-7-5-4-6-8-13)18-15(14-9-10-14)16(19)20-3/h4-8,14-15,18H,9-12H2,1-3H3. The molecule has 0 amide bonds. The molecule has 0 bridgehead atoms. The number of hydrogen-bond donors (Lipinski definition) is 1. The lowest BCUT2D eigenvalue weighted by Gasteiger charge is -2.31. The second kappa shape index (κ2) is 6.40. The topological polar surface area (TPSA) is 38.3 Å². The zero-order valence-electron chi connectivity index (χ0n) is 12.7. The van der Waals surface area contributed by atoms with Crippen molar-refractivity contribution in [3.8, 4) is 0 Å². The maximum Gasteiger partial charge on any atom is 0.323 e. The first kappa shape index (κ1) is 15.0. The third kappa shape index (κ3) is 4.34. The van der Waals surface area contributed by atoms with E-state index in [2.05, 4.69) is 43.4 Å². The van der Waals surface area contributed by atoms with Gasteiger partial charge in [0, 0.05) is 5.54 Å². The molecule has 3 heteroatoms. The lowest BCUT2D eigenvalue weighted by atomic mass is 9.93. The largest absolute Gasteiger partial charge is 0.468 e. The Morgan fingerprint density at radius 2 is 2.00 bits per heavy atom. The maximum atomic E-state index is 11.9. The highest BCUT2D eigenvalue weighted by Crippen LogP contribution is 2.34. The molecule has 1 N–H and O–H groups in total. The molecule has 1 aliphatic carbocycles. The summed E-state index contributed by atoms with van der Waals surface area (Å²) in [6, 6.07) is 10.3. The van der Waals surface area contributed by atoms with Gasteiger partial charge in [-0.15, -0.1) is 0 Å². The molecule has 0 spiro atoms. The Bertz CT molecular complexity index is 438. The van der Waals surface area contributed by atoms with Crippen LogP contribution in [0.3, 0.4) is 0 Å². The van der Waals surface area contributed by atoms with E-state index in [1.165, 1.54) is 12.7 Å². The molecule has 1 atom stereocenters. The Labute approximate surface area is 121 Å². The second-order valence-corrected chi connectivity index (χ2v) is 6.35. The smallest absolute Gasteiger partial charge is 0.323 e. The Hall–Kier alpha value is -1.35. The Balaban J connectivity index is 1.90. The summed E-state index contributed by atoms with van der Waals surface area (Å²) in [5.41, 5.74) is 1.26. The molecule has 1 unspecified atom stereocenters. The molecule has 0 radical (unpaired) electrons. The van der Waals surface area contributed by atoms with Gasteiger partial charge in [-0.3, -0.25) is 10.1 Å². The third-order valence-corrected chi connectivity index (χ3v) is 3.98. The summed E-state index contributed by atoms with van der Waals surface area (Å²) >= 11 is 0. The van der Waals surface area contributed by atoms with Crippen LogP contribution in [0.4, 0.5) is 0 Å². The number of aryl methyl sites for hydroxylation is 1. The van der Waals surface area contributed by atoms with Gasteiger partial charge in [-0.2, -0.15) is 0 Å². The normalized spacial score (nSPS) is 16.8. The van der Waals surface area contributed by atoms with Crippen molar-refractivity contribution in [2.24, 2.45) is 5.92 Å². The molecule has 110 valence electrons. The van der Waals surface area contributed by atoms with Crippen molar-refractivity contribution in [3.63, 3.8) is 0 Å². The summed E-state index contributed by atoms with van der Waals surface area (Å²) < 4.78 is 4.92. The molecular formula is C17H25NO2. The summed E-state index contributed by atoms with van der Waals surface area (Å²) in [6.07, 6.45) is 4.26. The first-order valence-electron chi connectivity index (χ1n) is 7.41. The van der Waals surface area contributed by atoms with Gasteiger partial charge in [0.15, 0.2) is 0 Å². The number of hydrogen-bond acceptors (Lipinski definition) is 3. The number of rotatable bonds is 7. The van der Waals surface area contributed by atoms with Gasteiger partial charge in [0.05, 0.1) is 7.11 Å². The van der Waals surface area contributed by atoms with Crippen LogP contribution in [-0.4, -0.2) is 24.7 Å². The van der Waals surface area contributed by atoms with E-state index in [0.717, 1.165) is 25.7 Å². The summed E-state index contributed by atoms with van der Waals surface area (Å²) in [5, 5.41) is 3.50. The molecule has 20 heavy (non-hydrogen) atoms. The Morgan fingerprint density at radius 1 is 1.35 bits per heavy atom. The average Bonchev–Trinajstić information content (AvgIpc) is 3.28. The van der Waals surface area contributed by atoms with E-state index in [4.69, 9.17) is 4.74 Å². The van der Waals surface area contributed by atoms with Crippen LogP contribution in [0.2, 0.25) is 0 Å². The van der Waals surface area contributed by atoms with Crippen LogP contribution < -0.4 is 5.32 Å². The number of carbonyl (C=O) groups is 1. The van der Waals surface area contributed by atoms with Gasteiger partial charge < -0.3 is 4.74 Å². The monoisotopic (exact) mass is 275 g/mol. The minimum atomic E-state index is -0.147. The molecule has 3 nitrogen and oxygen atoms in total. The maximum absolute atomic E-state index is 11.9. The van der Waals surface area contributed by atoms with Gasteiger partial charge >= 0.3 is 5.97 Å². The number of benzene rings is 1. The number of ether oxygens (including phenoxy) is 1. The predicted molar refractivity (Wildman–Crippen MR) is 80.5 cm³/mol. The lowest BCUT2D eigenvalue weighted by molar-refractivity contribution is -0.144. The Kier molecular flexibility index (Phi) is 4.81. The van der Waals surface area contributed by atoms with Crippen LogP contribution in [0.1, 0.15) is 38.7 Å². The van der Waals surface area contributed by atoms with Crippen LogP contribution in [0.5, 0.6) is 0 Å². The number of methoxy groups -OCH3 is 1. The fourth-order valence-electron chi connectivity index (χ4n) is 2.52. The van der Waals surface area contributed by atoms with Crippen molar-refractivity contribution < 1.29 is 9.53 Å². The van der Waals surface area contributed by atoms with E-state index < -0.39 is 0 Å². The van der Waals surface area contributed by atoms with Crippen molar-refractivity contribution in [1.82, 2.24) is 5.32 Å².